The molecule has 1 aliphatic rings. The van der Waals surface area contributed by atoms with Gasteiger partial charge in [0.25, 0.3) is 0 Å². The van der Waals surface area contributed by atoms with Crippen molar-refractivity contribution >= 4 is 19.3 Å². The zero-order valence-electron chi connectivity index (χ0n) is 15.5. The van der Waals surface area contributed by atoms with E-state index in [1.54, 1.807) is 38.1 Å². The van der Waals surface area contributed by atoms with Crippen molar-refractivity contribution in [2.75, 3.05) is 0 Å². The number of alkyl halides is 6. The maximum atomic E-state index is 13.3. The molecule has 160 valence electrons. The Hall–Kier alpha value is -2.81. The van der Waals surface area contributed by atoms with Crippen LogP contribution in [-0.2, 0) is 0 Å². The number of amidine groups is 2. The lowest BCUT2D eigenvalue weighted by Crippen LogP contribution is -2.30. The third-order valence-electron chi connectivity index (χ3n) is 3.65. The summed E-state index contributed by atoms with van der Waals surface area (Å²) in [4.78, 5) is 2.55. The van der Waals surface area contributed by atoms with Gasteiger partial charge in [-0.2, -0.15) is 31.3 Å². The summed E-state index contributed by atoms with van der Waals surface area (Å²) in [6.45, 7) is 3.49. The first-order valence-corrected chi connectivity index (χ1v) is 9.87. The third kappa shape index (κ3) is 5.21. The molecule has 0 N–H and O–H groups in total. The van der Waals surface area contributed by atoms with Crippen LogP contribution in [0.3, 0.4) is 0 Å². The fourth-order valence-electron chi connectivity index (χ4n) is 2.22. The number of nitrogens with zero attached hydrogens (tertiary/aromatic N) is 3. The lowest BCUT2D eigenvalue weighted by atomic mass is 10.2. The van der Waals surface area contributed by atoms with Crippen molar-refractivity contribution in [1.29, 1.82) is 0 Å². The predicted octanol–water partition coefficient (Wildman–Crippen LogP) is 6.64. The molecule has 0 fully saturated rings. The Morgan fingerprint density at radius 3 is 1.43 bits per heavy atom. The molecular formula is C18H14F6N3O2P. The van der Waals surface area contributed by atoms with Crippen LogP contribution in [0.5, 0.6) is 11.5 Å². The monoisotopic (exact) mass is 449 g/mol. The highest BCUT2D eigenvalue weighted by molar-refractivity contribution is 7.56. The van der Waals surface area contributed by atoms with Gasteiger partial charge in [-0.25, -0.2) is 0 Å². The smallest absolute Gasteiger partial charge is 0.413 e. The fourth-order valence-corrected chi connectivity index (χ4v) is 4.05. The van der Waals surface area contributed by atoms with Crippen LogP contribution in [0.4, 0.5) is 26.3 Å². The number of rotatable bonds is 4. The summed E-state index contributed by atoms with van der Waals surface area (Å²) >= 11 is 0. The van der Waals surface area contributed by atoms with E-state index in [0.29, 0.717) is 0 Å². The van der Waals surface area contributed by atoms with Gasteiger partial charge in [-0.15, -0.1) is 9.51 Å². The molecule has 1 heterocycles. The second-order valence-electron chi connectivity index (χ2n) is 6.25. The SMILES string of the molecule is Cc1ccc(OP2(Oc3ccc(C)cc3)=NC(C(F)(F)F)=NC(C(F)(F)F)=N2)cc1. The van der Waals surface area contributed by atoms with E-state index >= 15 is 0 Å². The van der Waals surface area contributed by atoms with E-state index in [1.165, 1.54) is 24.3 Å². The van der Waals surface area contributed by atoms with E-state index in [0.717, 1.165) is 11.1 Å². The quantitative estimate of drug-likeness (QED) is 0.388. The normalized spacial score (nSPS) is 16.3. The van der Waals surface area contributed by atoms with Crippen LogP contribution >= 0.6 is 7.66 Å². The number of benzene rings is 2. The molecule has 0 aromatic heterocycles. The van der Waals surface area contributed by atoms with Crippen LogP contribution in [0.1, 0.15) is 11.1 Å². The van der Waals surface area contributed by atoms with Crippen molar-refractivity contribution < 1.29 is 35.4 Å². The van der Waals surface area contributed by atoms with E-state index in [2.05, 4.69) is 14.5 Å². The van der Waals surface area contributed by atoms with Gasteiger partial charge in [0.05, 0.1) is 0 Å². The minimum atomic E-state index is -5.27. The standard InChI is InChI=1S/C18H14F6N3O2P/c1-11-3-7-13(8-4-11)28-30(29-14-9-5-12(2)6-10-14)26-15(17(19,20)21)25-16(27-30)18(22,23)24/h3-10H,1-2H3. The molecule has 0 unspecified atom stereocenters. The Labute approximate surface area is 167 Å². The minimum absolute atomic E-state index is 0.0570. The van der Waals surface area contributed by atoms with Gasteiger partial charge in [-0.3, -0.25) is 0 Å². The van der Waals surface area contributed by atoms with Crippen molar-refractivity contribution in [2.24, 2.45) is 14.5 Å². The molecule has 5 nitrogen and oxygen atoms in total. The molecule has 0 atom stereocenters. The number of halogens is 6. The molecule has 0 bridgehead atoms. The number of aryl methyl sites for hydroxylation is 2. The minimum Gasteiger partial charge on any atom is -0.413 e. The second-order valence-corrected chi connectivity index (χ2v) is 8.00. The fraction of sp³-hybridized carbons (Fsp3) is 0.222. The first-order chi connectivity index (χ1) is 13.9. The first-order valence-electron chi connectivity index (χ1n) is 8.34. The van der Waals surface area contributed by atoms with Crippen molar-refractivity contribution in [3.63, 3.8) is 0 Å². The maximum Gasteiger partial charge on any atom is 0.453 e. The van der Waals surface area contributed by atoms with Crippen molar-refractivity contribution in [3.8, 4) is 11.5 Å². The van der Waals surface area contributed by atoms with E-state index in [1.807, 2.05) is 0 Å². The van der Waals surface area contributed by atoms with Crippen LogP contribution in [0, 0.1) is 13.8 Å². The van der Waals surface area contributed by atoms with Crippen LogP contribution in [0.15, 0.2) is 63.0 Å². The molecule has 0 radical (unpaired) electrons. The van der Waals surface area contributed by atoms with Crippen molar-refractivity contribution in [1.82, 2.24) is 0 Å². The lowest BCUT2D eigenvalue weighted by molar-refractivity contribution is -0.0634. The zero-order chi connectivity index (χ0) is 22.2. The van der Waals surface area contributed by atoms with Gasteiger partial charge in [0.1, 0.15) is 11.5 Å². The third-order valence-corrected chi connectivity index (χ3v) is 5.43. The largest absolute Gasteiger partial charge is 0.453 e. The van der Waals surface area contributed by atoms with Gasteiger partial charge in [0.2, 0.25) is 11.7 Å². The van der Waals surface area contributed by atoms with E-state index in [4.69, 9.17) is 9.05 Å². The molecule has 2 aromatic rings. The van der Waals surface area contributed by atoms with Gasteiger partial charge < -0.3 is 9.05 Å². The summed E-state index contributed by atoms with van der Waals surface area (Å²) in [6, 6.07) is 11.7. The van der Waals surface area contributed by atoms with E-state index < -0.39 is 31.7 Å². The molecule has 1 aliphatic heterocycles. The molecule has 0 aliphatic carbocycles. The predicted molar refractivity (Wildman–Crippen MR) is 99.9 cm³/mol. The van der Waals surface area contributed by atoms with Crippen LogP contribution < -0.4 is 9.05 Å². The second kappa shape index (κ2) is 7.79. The summed E-state index contributed by atoms with van der Waals surface area (Å²) in [6.07, 6.45) is -10.5. The first kappa shape index (κ1) is 21.9. The van der Waals surface area contributed by atoms with Crippen molar-refractivity contribution in [2.45, 2.75) is 26.2 Å². The average Bonchev–Trinajstić information content (AvgIpc) is 2.64. The summed E-state index contributed by atoms with van der Waals surface area (Å²) in [7, 11) is -4.53. The number of aliphatic imine (C=N–C) groups is 1. The highest BCUT2D eigenvalue weighted by Gasteiger charge is 2.48. The summed E-state index contributed by atoms with van der Waals surface area (Å²) in [5.74, 6) is -4.17. The Morgan fingerprint density at radius 2 is 1.07 bits per heavy atom. The molecule has 0 spiro atoms. The molecule has 3 rings (SSSR count). The maximum absolute atomic E-state index is 13.3. The van der Waals surface area contributed by atoms with Crippen molar-refractivity contribution in [3.05, 3.63) is 59.7 Å². The Morgan fingerprint density at radius 1 is 0.667 bits per heavy atom. The molecule has 30 heavy (non-hydrogen) atoms. The molecule has 12 heteroatoms. The Bertz CT molecular complexity index is 975. The van der Waals surface area contributed by atoms with Crippen LogP contribution in [-0.4, -0.2) is 24.0 Å². The molecule has 0 saturated heterocycles. The van der Waals surface area contributed by atoms with E-state index in [9.17, 15) is 26.3 Å². The van der Waals surface area contributed by atoms with Gasteiger partial charge in [0.15, 0.2) is 0 Å². The molecule has 0 saturated carbocycles. The molecular weight excluding hydrogens is 435 g/mol. The average molecular weight is 449 g/mol. The van der Waals surface area contributed by atoms with Crippen LogP contribution in [0.2, 0.25) is 0 Å². The topological polar surface area (TPSA) is 55.5 Å². The lowest BCUT2D eigenvalue weighted by Gasteiger charge is -2.25. The Kier molecular flexibility index (Phi) is 5.68. The zero-order valence-corrected chi connectivity index (χ0v) is 16.4. The Balaban J connectivity index is 2.18. The van der Waals surface area contributed by atoms with Crippen LogP contribution in [0.25, 0.3) is 0 Å². The van der Waals surface area contributed by atoms with E-state index in [-0.39, 0.29) is 11.5 Å². The number of hydrogen-bond donors (Lipinski definition) is 0. The summed E-state index contributed by atoms with van der Waals surface area (Å²) < 4.78 is 97.2. The number of hydrogen-bond acceptors (Lipinski definition) is 5. The van der Waals surface area contributed by atoms with Gasteiger partial charge in [-0.1, -0.05) is 35.4 Å². The van der Waals surface area contributed by atoms with Gasteiger partial charge in [-0.05, 0) is 38.1 Å². The summed E-state index contributed by atoms with van der Waals surface area (Å²) in [5.41, 5.74) is 1.60. The molecule has 0 amide bonds. The van der Waals surface area contributed by atoms with Gasteiger partial charge >= 0.3 is 20.0 Å². The highest BCUT2D eigenvalue weighted by atomic mass is 31.2. The highest BCUT2D eigenvalue weighted by Crippen LogP contribution is 2.56. The van der Waals surface area contributed by atoms with Gasteiger partial charge in [0, 0.05) is 0 Å². The molecule has 2 aromatic carbocycles. The summed E-state index contributed by atoms with van der Waals surface area (Å²) in [5, 5.41) is 0.